The third kappa shape index (κ3) is 2.88. The van der Waals surface area contributed by atoms with E-state index >= 15 is 0 Å². The van der Waals surface area contributed by atoms with Gasteiger partial charge in [-0.3, -0.25) is 14.9 Å². The van der Waals surface area contributed by atoms with E-state index in [0.717, 1.165) is 10.7 Å². The fraction of sp³-hybridized carbons (Fsp3) is 0. The molecular formula is C15H9BrN4O4. The van der Waals surface area contributed by atoms with Crippen LogP contribution < -0.4 is 5.32 Å². The molecule has 0 bridgehead atoms. The average Bonchev–Trinajstić information content (AvgIpc) is 2.84. The van der Waals surface area contributed by atoms with Crippen molar-refractivity contribution in [3.63, 3.8) is 0 Å². The Balaban J connectivity index is 1.94. The molecule has 2 aromatic carbocycles. The second-order valence-corrected chi connectivity index (χ2v) is 5.72. The third-order valence-electron chi connectivity index (χ3n) is 3.30. The van der Waals surface area contributed by atoms with Crippen molar-refractivity contribution in [3.8, 4) is 5.75 Å². The zero-order chi connectivity index (χ0) is 17.3. The average molecular weight is 389 g/mol. The Kier molecular flexibility index (Phi) is 4.09. The molecule has 0 radical (unpaired) electrons. The lowest BCUT2D eigenvalue weighted by atomic mass is 10.1. The summed E-state index contributed by atoms with van der Waals surface area (Å²) in [5.74, 6) is -0.908. The van der Waals surface area contributed by atoms with Crippen LogP contribution in [-0.2, 0) is 4.79 Å². The Morgan fingerprint density at radius 1 is 1.29 bits per heavy atom. The summed E-state index contributed by atoms with van der Waals surface area (Å²) in [7, 11) is 0. The molecule has 0 fully saturated rings. The summed E-state index contributed by atoms with van der Waals surface area (Å²) in [5.41, 5.74) is 1.03. The van der Waals surface area contributed by atoms with Crippen LogP contribution in [0.25, 0.3) is 0 Å². The first kappa shape index (κ1) is 15.8. The van der Waals surface area contributed by atoms with Gasteiger partial charge in [-0.15, -0.1) is 5.10 Å². The minimum Gasteiger partial charge on any atom is -0.502 e. The molecule has 0 saturated carbocycles. The summed E-state index contributed by atoms with van der Waals surface area (Å²) >= 11 is 3.32. The van der Waals surface area contributed by atoms with Crippen molar-refractivity contribution >= 4 is 45.1 Å². The number of nitrogens with zero attached hydrogens (tertiary/aromatic N) is 3. The van der Waals surface area contributed by atoms with Crippen molar-refractivity contribution in [1.82, 2.24) is 0 Å². The van der Waals surface area contributed by atoms with Crippen molar-refractivity contribution in [2.24, 2.45) is 10.2 Å². The molecule has 8 nitrogen and oxygen atoms in total. The molecule has 0 atom stereocenters. The van der Waals surface area contributed by atoms with Gasteiger partial charge >= 0.3 is 5.69 Å². The van der Waals surface area contributed by atoms with Gasteiger partial charge in [0.2, 0.25) is 5.75 Å². The second-order valence-electron chi connectivity index (χ2n) is 4.81. The van der Waals surface area contributed by atoms with Crippen LogP contribution >= 0.6 is 15.9 Å². The lowest BCUT2D eigenvalue weighted by Gasteiger charge is -1.99. The summed E-state index contributed by atoms with van der Waals surface area (Å²) in [6.45, 7) is 0. The summed E-state index contributed by atoms with van der Waals surface area (Å²) in [6, 6.07) is 9.29. The number of para-hydroxylation sites is 1. The van der Waals surface area contributed by atoms with Gasteiger partial charge in [-0.05, 0) is 24.3 Å². The van der Waals surface area contributed by atoms with Crippen molar-refractivity contribution in [2.45, 2.75) is 0 Å². The highest BCUT2D eigenvalue weighted by Crippen LogP contribution is 2.29. The molecule has 2 N–H and O–H groups in total. The van der Waals surface area contributed by atoms with Gasteiger partial charge in [-0.25, -0.2) is 0 Å². The third-order valence-corrected chi connectivity index (χ3v) is 3.79. The normalized spacial score (nSPS) is 14.9. The van der Waals surface area contributed by atoms with Crippen molar-refractivity contribution in [1.29, 1.82) is 0 Å². The van der Waals surface area contributed by atoms with Crippen LogP contribution in [0.4, 0.5) is 11.4 Å². The van der Waals surface area contributed by atoms with Crippen LogP contribution in [0.3, 0.4) is 0 Å². The number of carbonyl (C=O) groups excluding carboxylic acids is 1. The molecule has 0 aliphatic carbocycles. The van der Waals surface area contributed by atoms with Crippen molar-refractivity contribution in [2.75, 3.05) is 5.32 Å². The molecule has 1 aliphatic heterocycles. The molecule has 9 heteroatoms. The Bertz CT molecular complexity index is 924. The van der Waals surface area contributed by atoms with Crippen LogP contribution in [0.1, 0.15) is 11.1 Å². The number of phenolic OH excluding ortho intramolecular Hbond substituents is 1. The zero-order valence-electron chi connectivity index (χ0n) is 11.9. The predicted molar refractivity (Wildman–Crippen MR) is 91.7 cm³/mol. The van der Waals surface area contributed by atoms with E-state index < -0.39 is 22.3 Å². The maximum Gasteiger partial charge on any atom is 0.311 e. The maximum absolute atomic E-state index is 11.9. The standard InChI is InChI=1S/C15H9BrN4O4/c16-9-4-5-11-10(6-9)13(15(22)18-11)19-17-7-8-2-1-3-12(14(8)21)20(23)24/h1-7,21H,(H,18,19,22)/b17-7-. The molecule has 2 aromatic rings. The van der Waals surface area contributed by atoms with Gasteiger partial charge < -0.3 is 10.4 Å². The summed E-state index contributed by atoms with van der Waals surface area (Å²) in [4.78, 5) is 22.0. The first-order valence-corrected chi connectivity index (χ1v) is 7.45. The topological polar surface area (TPSA) is 117 Å². The zero-order valence-corrected chi connectivity index (χ0v) is 13.5. The number of nitro benzene ring substituents is 1. The smallest absolute Gasteiger partial charge is 0.311 e. The molecule has 1 heterocycles. The SMILES string of the molecule is O=C1Nc2ccc(Br)cc2/C1=N\N=C/c1cccc([N+](=O)[O-])c1O. The van der Waals surface area contributed by atoms with Gasteiger partial charge in [0, 0.05) is 21.7 Å². The fourth-order valence-electron chi connectivity index (χ4n) is 2.17. The van der Waals surface area contributed by atoms with E-state index in [0.29, 0.717) is 11.3 Å². The number of nitro groups is 1. The van der Waals surface area contributed by atoms with E-state index in [2.05, 4.69) is 31.4 Å². The highest BCUT2D eigenvalue weighted by Gasteiger charge is 2.26. The Morgan fingerprint density at radius 3 is 2.83 bits per heavy atom. The number of hydrogen-bond donors (Lipinski definition) is 2. The number of nitrogens with one attached hydrogen (secondary N) is 1. The number of phenols is 1. The first-order chi connectivity index (χ1) is 11.5. The molecule has 0 saturated heterocycles. The van der Waals surface area contributed by atoms with Gasteiger partial charge in [-0.1, -0.05) is 22.0 Å². The number of anilines is 1. The monoisotopic (exact) mass is 388 g/mol. The van der Waals surface area contributed by atoms with E-state index in [1.807, 2.05) is 0 Å². The molecule has 1 aliphatic rings. The molecule has 1 amide bonds. The highest BCUT2D eigenvalue weighted by atomic mass is 79.9. The molecule has 3 rings (SSSR count). The summed E-state index contributed by atoms with van der Waals surface area (Å²) < 4.78 is 0.783. The first-order valence-electron chi connectivity index (χ1n) is 6.66. The second kappa shape index (κ2) is 6.20. The van der Waals surface area contributed by atoms with E-state index in [-0.39, 0.29) is 11.3 Å². The Morgan fingerprint density at radius 2 is 2.08 bits per heavy atom. The van der Waals surface area contributed by atoms with Gasteiger partial charge in [0.15, 0.2) is 5.71 Å². The van der Waals surface area contributed by atoms with Crippen LogP contribution in [0, 0.1) is 10.1 Å². The van der Waals surface area contributed by atoms with E-state index in [4.69, 9.17) is 0 Å². The van der Waals surface area contributed by atoms with Gasteiger partial charge in [0.1, 0.15) is 0 Å². The number of amides is 1. The number of halogens is 1. The molecule has 0 unspecified atom stereocenters. The van der Waals surface area contributed by atoms with Crippen LogP contribution in [0.15, 0.2) is 51.1 Å². The summed E-state index contributed by atoms with van der Waals surface area (Å²) in [6.07, 6.45) is 1.15. The largest absolute Gasteiger partial charge is 0.502 e. The van der Waals surface area contributed by atoms with E-state index in [1.165, 1.54) is 18.2 Å². The number of carbonyl (C=O) groups is 1. The van der Waals surface area contributed by atoms with Gasteiger partial charge in [-0.2, -0.15) is 5.10 Å². The molecule has 24 heavy (non-hydrogen) atoms. The number of fused-ring (bicyclic) bond motifs is 1. The van der Waals surface area contributed by atoms with E-state index in [9.17, 15) is 20.0 Å². The molecular weight excluding hydrogens is 380 g/mol. The van der Waals surface area contributed by atoms with Crippen molar-refractivity contribution in [3.05, 3.63) is 62.1 Å². The number of hydrogen-bond acceptors (Lipinski definition) is 6. The molecule has 0 aromatic heterocycles. The number of rotatable bonds is 3. The minimum atomic E-state index is -0.698. The maximum atomic E-state index is 11.9. The minimum absolute atomic E-state index is 0.118. The number of aromatic hydroxyl groups is 1. The van der Waals surface area contributed by atoms with Gasteiger partial charge in [0.05, 0.1) is 16.8 Å². The van der Waals surface area contributed by atoms with Crippen LogP contribution in [0.2, 0.25) is 0 Å². The predicted octanol–water partition coefficient (Wildman–Crippen LogP) is 2.84. The Hall–Kier alpha value is -3.07. The fourth-order valence-corrected chi connectivity index (χ4v) is 2.53. The van der Waals surface area contributed by atoms with Gasteiger partial charge in [0.25, 0.3) is 5.91 Å². The molecule has 0 spiro atoms. The van der Waals surface area contributed by atoms with E-state index in [1.54, 1.807) is 18.2 Å². The highest BCUT2D eigenvalue weighted by molar-refractivity contribution is 9.10. The van der Waals surface area contributed by atoms with Crippen LogP contribution in [-0.4, -0.2) is 27.9 Å². The summed E-state index contributed by atoms with van der Waals surface area (Å²) in [5, 5.41) is 30.9. The quantitative estimate of drug-likeness (QED) is 0.477. The Labute approximate surface area is 143 Å². The number of benzene rings is 2. The lowest BCUT2D eigenvalue weighted by Crippen LogP contribution is -2.13. The lowest BCUT2D eigenvalue weighted by molar-refractivity contribution is -0.385. The van der Waals surface area contributed by atoms with Crippen LogP contribution in [0.5, 0.6) is 5.75 Å². The van der Waals surface area contributed by atoms with Crippen molar-refractivity contribution < 1.29 is 14.8 Å². The molecule has 120 valence electrons.